The first-order valence-electron chi connectivity index (χ1n) is 20.2. The minimum Gasteiger partial charge on any atom is -0.482 e. The van der Waals surface area contributed by atoms with E-state index < -0.39 is 24.4 Å². The van der Waals surface area contributed by atoms with Gasteiger partial charge in [-0.05, 0) is 105 Å². The quantitative estimate of drug-likeness (QED) is 0.0687. The van der Waals surface area contributed by atoms with E-state index in [1.54, 1.807) is 0 Å². The number of benzene rings is 1. The van der Waals surface area contributed by atoms with Crippen LogP contribution in [0.3, 0.4) is 0 Å². The van der Waals surface area contributed by atoms with Gasteiger partial charge in [-0.25, -0.2) is 4.79 Å². The molecule has 294 valence electrons. The van der Waals surface area contributed by atoms with Gasteiger partial charge in [0.2, 0.25) is 17.7 Å². The van der Waals surface area contributed by atoms with E-state index in [4.69, 9.17) is 9.47 Å². The zero-order valence-electron chi connectivity index (χ0n) is 31.4. The Bertz CT molecular complexity index is 1420. The van der Waals surface area contributed by atoms with Gasteiger partial charge < -0.3 is 25.0 Å². The monoisotopic (exact) mass is 756 g/mol. The summed E-state index contributed by atoms with van der Waals surface area (Å²) in [5, 5.41) is 25.2. The Balaban J connectivity index is 1.14. The molecule has 0 bridgehead atoms. The van der Waals surface area contributed by atoms with Crippen LogP contribution in [-0.4, -0.2) is 76.2 Å². The van der Waals surface area contributed by atoms with Gasteiger partial charge in [-0.15, -0.1) is 11.8 Å². The molecule has 1 heterocycles. The van der Waals surface area contributed by atoms with Crippen molar-refractivity contribution in [2.45, 2.75) is 140 Å². The lowest BCUT2D eigenvalue weighted by molar-refractivity contribution is -0.162. The second kappa shape index (κ2) is 20.5. The summed E-state index contributed by atoms with van der Waals surface area (Å²) in [6, 6.07) is 5.83. The number of carbonyl (C=O) groups excluding carboxylic acids is 4. The number of carbonyl (C=O) groups is 5. The van der Waals surface area contributed by atoms with Crippen LogP contribution >= 0.6 is 11.8 Å². The van der Waals surface area contributed by atoms with E-state index in [0.717, 1.165) is 100 Å². The van der Waals surface area contributed by atoms with E-state index in [-0.39, 0.29) is 65.3 Å². The number of imide groups is 1. The van der Waals surface area contributed by atoms with Crippen LogP contribution in [0.15, 0.2) is 18.2 Å². The molecular weight excluding hydrogens is 697 g/mol. The number of esters is 1. The molecule has 4 aliphatic rings. The number of amides is 3. The minimum absolute atomic E-state index is 0.0738. The molecule has 0 aromatic heterocycles. The Morgan fingerprint density at radius 2 is 1.77 bits per heavy atom. The molecule has 1 aliphatic heterocycles. The number of nitrogens with one attached hydrogen (secondary N) is 2. The van der Waals surface area contributed by atoms with Crippen molar-refractivity contribution in [2.75, 3.05) is 18.9 Å². The van der Waals surface area contributed by atoms with Crippen molar-refractivity contribution < 1.29 is 43.7 Å². The van der Waals surface area contributed by atoms with Crippen molar-refractivity contribution in [1.29, 1.82) is 0 Å². The lowest BCUT2D eigenvalue weighted by Gasteiger charge is -2.33. The van der Waals surface area contributed by atoms with Crippen molar-refractivity contribution in [3.8, 4) is 5.75 Å². The second-order valence-corrected chi connectivity index (χ2v) is 17.0. The van der Waals surface area contributed by atoms with Crippen LogP contribution in [0.2, 0.25) is 0 Å². The Morgan fingerprint density at radius 3 is 2.53 bits per heavy atom. The predicted molar refractivity (Wildman–Crippen MR) is 202 cm³/mol. The van der Waals surface area contributed by atoms with Crippen molar-refractivity contribution in [2.24, 2.45) is 29.6 Å². The summed E-state index contributed by atoms with van der Waals surface area (Å²) < 4.78 is 12.1. The number of carboxylic acid groups (broad SMARTS) is 1. The summed E-state index contributed by atoms with van der Waals surface area (Å²) in [5.41, 5.74) is 2.19. The van der Waals surface area contributed by atoms with E-state index in [2.05, 4.69) is 23.6 Å². The summed E-state index contributed by atoms with van der Waals surface area (Å²) in [7, 11) is 0. The van der Waals surface area contributed by atoms with Crippen molar-refractivity contribution in [3.05, 3.63) is 29.3 Å². The maximum Gasteiger partial charge on any atom is 0.341 e. The molecule has 1 aromatic rings. The first-order chi connectivity index (χ1) is 25.6. The highest BCUT2D eigenvalue weighted by molar-refractivity contribution is 8.00. The van der Waals surface area contributed by atoms with E-state index in [1.807, 2.05) is 12.1 Å². The largest absolute Gasteiger partial charge is 0.482 e. The number of hydrogen-bond donors (Lipinski definition) is 4. The van der Waals surface area contributed by atoms with Gasteiger partial charge in [-0.3, -0.25) is 24.5 Å². The first kappa shape index (κ1) is 41.1. The molecule has 11 nitrogen and oxygen atoms in total. The molecule has 3 unspecified atom stereocenters. The number of ether oxygens (including phenoxy) is 2. The Labute approximate surface area is 318 Å². The van der Waals surface area contributed by atoms with Crippen molar-refractivity contribution in [3.63, 3.8) is 0 Å². The molecule has 0 radical (unpaired) electrons. The smallest absolute Gasteiger partial charge is 0.341 e. The van der Waals surface area contributed by atoms with Crippen molar-refractivity contribution in [1.82, 2.24) is 10.6 Å². The van der Waals surface area contributed by atoms with Gasteiger partial charge in [0.15, 0.2) is 6.61 Å². The number of aliphatic hydroxyl groups is 1. The lowest BCUT2D eigenvalue weighted by Crippen LogP contribution is -2.42. The topological polar surface area (TPSA) is 168 Å². The van der Waals surface area contributed by atoms with Gasteiger partial charge in [0.1, 0.15) is 11.9 Å². The lowest BCUT2D eigenvalue weighted by atomic mass is 9.73. The van der Waals surface area contributed by atoms with Crippen LogP contribution in [0.1, 0.15) is 121 Å². The molecule has 8 atom stereocenters. The SMILES string of the molecule is CCCCC[C@H](O)CC[C@@H]1[C@H]2Cc3cccc(OCC(=O)O)c3C[C@H]2C[C@H]1OC(=O)C1CCCCC1C(=O)NCCCCCCSC1CC(=O)NC1=O. The summed E-state index contributed by atoms with van der Waals surface area (Å²) in [6.07, 6.45) is 14.0. The summed E-state index contributed by atoms with van der Waals surface area (Å²) in [5.74, 6) is -0.606. The number of rotatable bonds is 21. The van der Waals surface area contributed by atoms with Gasteiger partial charge in [0.25, 0.3) is 0 Å². The van der Waals surface area contributed by atoms with E-state index in [9.17, 15) is 34.2 Å². The maximum absolute atomic E-state index is 14.0. The molecule has 5 rings (SSSR count). The number of hydrogen-bond acceptors (Lipinski definition) is 9. The fourth-order valence-corrected chi connectivity index (χ4v) is 10.3. The molecule has 1 saturated heterocycles. The van der Waals surface area contributed by atoms with Crippen molar-refractivity contribution >= 4 is 41.4 Å². The molecule has 1 aromatic carbocycles. The third-order valence-electron chi connectivity index (χ3n) is 11.9. The molecule has 3 amide bonds. The highest BCUT2D eigenvalue weighted by Gasteiger charge is 2.48. The number of unbranched alkanes of at least 4 members (excludes halogenated alkanes) is 5. The Morgan fingerprint density at radius 1 is 0.981 bits per heavy atom. The van der Waals surface area contributed by atoms with Gasteiger partial charge in [0, 0.05) is 13.0 Å². The predicted octanol–water partition coefficient (Wildman–Crippen LogP) is 5.77. The van der Waals surface area contributed by atoms with E-state index >= 15 is 0 Å². The zero-order valence-corrected chi connectivity index (χ0v) is 32.2. The Hall–Kier alpha value is -3.12. The highest BCUT2D eigenvalue weighted by atomic mass is 32.2. The third-order valence-corrected chi connectivity index (χ3v) is 13.2. The highest BCUT2D eigenvalue weighted by Crippen LogP contribution is 2.50. The molecule has 12 heteroatoms. The normalized spacial score (nSPS) is 27.0. The molecule has 3 fully saturated rings. The van der Waals surface area contributed by atoms with Crippen LogP contribution in [-0.2, 0) is 41.6 Å². The van der Waals surface area contributed by atoms with Crippen LogP contribution in [0.25, 0.3) is 0 Å². The number of aliphatic carboxylic acids is 1. The molecular formula is C41H60N2O9S. The average molecular weight is 757 g/mol. The molecule has 0 spiro atoms. The van der Waals surface area contributed by atoms with Crippen LogP contribution in [0.4, 0.5) is 0 Å². The summed E-state index contributed by atoms with van der Waals surface area (Å²) in [4.78, 5) is 61.8. The van der Waals surface area contributed by atoms with Crippen LogP contribution in [0, 0.1) is 29.6 Å². The number of aliphatic hydroxyl groups excluding tert-OH is 1. The van der Waals surface area contributed by atoms with Gasteiger partial charge in [-0.1, -0.05) is 64.0 Å². The van der Waals surface area contributed by atoms with E-state index in [0.29, 0.717) is 38.0 Å². The van der Waals surface area contributed by atoms with Crippen LogP contribution < -0.4 is 15.4 Å². The van der Waals surface area contributed by atoms with E-state index in [1.165, 1.54) is 11.8 Å². The molecule has 3 aliphatic carbocycles. The maximum atomic E-state index is 14.0. The standard InChI is InChI=1S/C41H60N2O9S/c1-2-3-6-13-28(44)17-18-29-32-21-26-12-11-16-34(51-25-38(46)47)33(26)22-27(32)23-35(29)52-41(50)31-15-8-7-14-30(31)39(48)42-19-9-4-5-10-20-53-36-24-37(45)43-40(36)49/h11-12,16,27-32,35-36,44H,2-10,13-15,17-25H2,1H3,(H,42,48)(H,46,47)(H,43,45,49)/t27-,28-,29+,30?,31?,32-,35+,36?/m0/s1. The zero-order chi connectivity index (χ0) is 37.7. The fraction of sp³-hybridized carbons (Fsp3) is 0.732. The minimum atomic E-state index is -1.02. The first-order valence-corrected chi connectivity index (χ1v) is 21.3. The molecule has 53 heavy (non-hydrogen) atoms. The Kier molecular flexibility index (Phi) is 15.9. The van der Waals surface area contributed by atoms with Gasteiger partial charge in [0.05, 0.1) is 23.2 Å². The third kappa shape index (κ3) is 11.7. The summed E-state index contributed by atoms with van der Waals surface area (Å²) in [6.45, 7) is 2.31. The molecule has 4 N–H and O–H groups in total. The fourth-order valence-electron chi connectivity index (χ4n) is 9.12. The number of thioether (sulfide) groups is 1. The number of fused-ring (bicyclic) bond motifs is 2. The number of carboxylic acids is 1. The van der Waals surface area contributed by atoms with Crippen LogP contribution in [0.5, 0.6) is 5.75 Å². The molecule has 2 saturated carbocycles. The summed E-state index contributed by atoms with van der Waals surface area (Å²) >= 11 is 1.53. The average Bonchev–Trinajstić information content (AvgIpc) is 3.65. The second-order valence-electron chi connectivity index (χ2n) is 15.7. The van der Waals surface area contributed by atoms with Gasteiger partial charge in [-0.2, -0.15) is 0 Å². The van der Waals surface area contributed by atoms with Gasteiger partial charge >= 0.3 is 11.9 Å².